The van der Waals surface area contributed by atoms with E-state index in [9.17, 15) is 18.4 Å². The summed E-state index contributed by atoms with van der Waals surface area (Å²) >= 11 is 0. The first-order valence-corrected chi connectivity index (χ1v) is 15.5. The largest absolute Gasteiger partial charge is 0.487 e. The average Bonchev–Trinajstić information content (AvgIpc) is 3.66. The van der Waals surface area contributed by atoms with Gasteiger partial charge in [0, 0.05) is 32.1 Å². The Morgan fingerprint density at radius 1 is 1.11 bits per heavy atom. The van der Waals surface area contributed by atoms with E-state index in [-0.39, 0.29) is 43.0 Å². The molecule has 1 amide bonds. The zero-order valence-corrected chi connectivity index (χ0v) is 26.7. The molecule has 0 bridgehead atoms. The van der Waals surface area contributed by atoms with E-state index in [0.717, 1.165) is 31.0 Å². The molecule has 12 nitrogen and oxygen atoms in total. The van der Waals surface area contributed by atoms with Crippen molar-refractivity contribution in [2.24, 2.45) is 5.92 Å². The van der Waals surface area contributed by atoms with Crippen molar-refractivity contribution >= 4 is 24.0 Å². The van der Waals surface area contributed by atoms with Gasteiger partial charge in [-0.15, -0.1) is 0 Å². The molecule has 248 valence electrons. The second-order valence-corrected chi connectivity index (χ2v) is 12.5. The lowest BCUT2D eigenvalue weighted by Crippen LogP contribution is -2.43. The van der Waals surface area contributed by atoms with Crippen LogP contribution in [0.4, 0.5) is 25.5 Å². The van der Waals surface area contributed by atoms with E-state index in [0.29, 0.717) is 30.8 Å². The topological polar surface area (TPSA) is 132 Å². The van der Waals surface area contributed by atoms with Crippen LogP contribution in [0.25, 0.3) is 0 Å². The van der Waals surface area contributed by atoms with Crippen LogP contribution in [0.2, 0.25) is 0 Å². The quantitative estimate of drug-likeness (QED) is 0.313. The van der Waals surface area contributed by atoms with Crippen LogP contribution in [0.3, 0.4) is 0 Å². The van der Waals surface area contributed by atoms with Crippen molar-refractivity contribution in [3.8, 4) is 5.75 Å². The minimum Gasteiger partial charge on any atom is -0.487 e. The molecule has 0 radical (unpaired) electrons. The predicted octanol–water partition coefficient (Wildman–Crippen LogP) is 5.10. The number of halogens is 2. The molecule has 1 aromatic carbocycles. The summed E-state index contributed by atoms with van der Waals surface area (Å²) in [5.74, 6) is -1.07. The van der Waals surface area contributed by atoms with Gasteiger partial charge in [-0.3, -0.25) is 0 Å². The van der Waals surface area contributed by atoms with E-state index >= 15 is 0 Å². The Kier molecular flexibility index (Phi) is 9.92. The molecule has 3 aromatic rings. The second-order valence-electron chi connectivity index (χ2n) is 12.5. The number of oxazole rings is 1. The number of esters is 1. The fourth-order valence-electron chi connectivity index (χ4n) is 5.80. The van der Waals surface area contributed by atoms with Crippen LogP contribution < -0.4 is 19.9 Å². The molecular formula is C32H40F2N6O6. The van der Waals surface area contributed by atoms with E-state index in [1.807, 2.05) is 16.7 Å². The first-order valence-electron chi connectivity index (χ1n) is 15.5. The standard InChI is InChI=1S/C32H40F2N6O6/c1-6-43-28(41)27-18-44-30(37-27)39-11-9-20(10-12-39)19(2)45-22-14-35-29(36-15-22)40-16-24(23-13-21(33)7-8-25(23)34)26(17-40)38-31(42)46-32(3,4)5/h7-8,13-15,18-20,24,26H,6,9-12,16-17H2,1-5H3,(H,38,42)/t19-,24+,26-/m0/s1. The van der Waals surface area contributed by atoms with Crippen LogP contribution in [-0.4, -0.2) is 77.5 Å². The first-order chi connectivity index (χ1) is 21.9. The normalized spacial score (nSPS) is 19.5. The zero-order valence-electron chi connectivity index (χ0n) is 26.7. The number of carbonyl (C=O) groups excluding carboxylic acids is 2. The van der Waals surface area contributed by atoms with Gasteiger partial charge in [0.1, 0.15) is 23.5 Å². The molecule has 2 fully saturated rings. The summed E-state index contributed by atoms with van der Waals surface area (Å²) in [5, 5.41) is 2.82. The minimum absolute atomic E-state index is 0.120. The zero-order chi connectivity index (χ0) is 33.0. The minimum atomic E-state index is -0.721. The number of aromatic nitrogens is 3. The Bertz CT molecular complexity index is 1510. The van der Waals surface area contributed by atoms with Crippen LogP contribution >= 0.6 is 0 Å². The van der Waals surface area contributed by atoms with Gasteiger partial charge in [-0.2, -0.15) is 4.98 Å². The number of amides is 1. The van der Waals surface area contributed by atoms with Gasteiger partial charge in [0.2, 0.25) is 5.95 Å². The fraction of sp³-hybridized carbons (Fsp3) is 0.531. The number of nitrogens with one attached hydrogen (secondary N) is 1. The summed E-state index contributed by atoms with van der Waals surface area (Å²) < 4.78 is 51.0. The number of rotatable bonds is 9. The number of benzene rings is 1. The van der Waals surface area contributed by atoms with Crippen molar-refractivity contribution in [2.45, 2.75) is 71.1 Å². The SMILES string of the molecule is CCOC(=O)c1coc(N2CCC([C@H](C)Oc3cnc(N4C[C@H](NC(=O)OC(C)(C)C)[C@@H](c5cc(F)ccc5F)C4)nc3)CC2)n1. The molecule has 1 N–H and O–H groups in total. The third-order valence-electron chi connectivity index (χ3n) is 8.05. The van der Waals surface area contributed by atoms with Crippen LogP contribution in [0.5, 0.6) is 5.75 Å². The maximum absolute atomic E-state index is 14.8. The molecule has 3 atom stereocenters. The van der Waals surface area contributed by atoms with Gasteiger partial charge in [-0.05, 0) is 77.1 Å². The Morgan fingerprint density at radius 2 is 1.83 bits per heavy atom. The maximum Gasteiger partial charge on any atom is 0.407 e. The highest BCUT2D eigenvalue weighted by molar-refractivity contribution is 5.87. The second kappa shape index (κ2) is 13.9. The number of carbonyl (C=O) groups is 2. The van der Waals surface area contributed by atoms with Crippen LogP contribution in [0.15, 0.2) is 41.3 Å². The molecule has 2 aromatic heterocycles. The molecule has 5 rings (SSSR count). The number of nitrogens with zero attached hydrogens (tertiary/aromatic N) is 5. The van der Waals surface area contributed by atoms with Crippen molar-refractivity contribution < 1.29 is 37.0 Å². The summed E-state index contributed by atoms with van der Waals surface area (Å²) in [6, 6.07) is 3.12. The molecule has 0 aliphatic carbocycles. The van der Waals surface area contributed by atoms with Crippen molar-refractivity contribution in [1.82, 2.24) is 20.3 Å². The van der Waals surface area contributed by atoms with Crippen molar-refractivity contribution in [3.63, 3.8) is 0 Å². The monoisotopic (exact) mass is 642 g/mol. The molecule has 46 heavy (non-hydrogen) atoms. The van der Waals surface area contributed by atoms with Crippen molar-refractivity contribution in [2.75, 3.05) is 42.6 Å². The summed E-state index contributed by atoms with van der Waals surface area (Å²) in [5.41, 5.74) is -0.411. The Balaban J connectivity index is 1.19. The van der Waals surface area contributed by atoms with E-state index in [1.54, 1.807) is 40.1 Å². The predicted molar refractivity (Wildman–Crippen MR) is 164 cm³/mol. The highest BCUT2D eigenvalue weighted by Crippen LogP contribution is 2.33. The van der Waals surface area contributed by atoms with E-state index in [4.69, 9.17) is 18.6 Å². The molecule has 2 aliphatic rings. The Morgan fingerprint density at radius 3 is 2.50 bits per heavy atom. The lowest BCUT2D eigenvalue weighted by molar-refractivity contribution is 0.0499. The molecule has 2 aliphatic heterocycles. The van der Waals surface area contributed by atoms with Gasteiger partial charge >= 0.3 is 12.1 Å². The summed E-state index contributed by atoms with van der Waals surface area (Å²) in [6.45, 7) is 11.2. The van der Waals surface area contributed by atoms with Crippen molar-refractivity contribution in [3.05, 3.63) is 59.7 Å². The first kappa shape index (κ1) is 32.9. The number of anilines is 2. The fourth-order valence-corrected chi connectivity index (χ4v) is 5.80. The van der Waals surface area contributed by atoms with Gasteiger partial charge in [0.05, 0.1) is 31.1 Å². The number of hydrogen-bond acceptors (Lipinski definition) is 11. The summed E-state index contributed by atoms with van der Waals surface area (Å²) in [4.78, 5) is 41.6. The molecule has 0 saturated carbocycles. The number of ether oxygens (including phenoxy) is 3. The van der Waals surface area contributed by atoms with E-state index < -0.39 is 41.3 Å². The molecule has 14 heteroatoms. The van der Waals surface area contributed by atoms with Crippen LogP contribution in [0, 0.1) is 17.6 Å². The third-order valence-corrected chi connectivity index (χ3v) is 8.05. The number of alkyl carbamates (subject to hydrolysis) is 1. The Hall–Kier alpha value is -4.49. The van der Waals surface area contributed by atoms with Gasteiger partial charge < -0.3 is 33.7 Å². The third kappa shape index (κ3) is 8.01. The molecule has 4 heterocycles. The highest BCUT2D eigenvalue weighted by Gasteiger charge is 2.38. The van der Waals surface area contributed by atoms with Gasteiger partial charge in [-0.25, -0.2) is 28.3 Å². The number of piperidine rings is 1. The summed E-state index contributed by atoms with van der Waals surface area (Å²) in [7, 11) is 0. The smallest absolute Gasteiger partial charge is 0.407 e. The lowest BCUT2D eigenvalue weighted by Gasteiger charge is -2.33. The molecule has 0 spiro atoms. The van der Waals surface area contributed by atoms with Crippen molar-refractivity contribution in [1.29, 1.82) is 0 Å². The Labute approximate surface area is 266 Å². The molecule has 2 saturated heterocycles. The van der Waals surface area contributed by atoms with Gasteiger partial charge in [0.25, 0.3) is 6.01 Å². The van der Waals surface area contributed by atoms with Gasteiger partial charge in [0.15, 0.2) is 11.4 Å². The van der Waals surface area contributed by atoms with Crippen LogP contribution in [0.1, 0.15) is 69.4 Å². The van der Waals surface area contributed by atoms with Gasteiger partial charge in [-0.1, -0.05) is 0 Å². The van der Waals surface area contributed by atoms with E-state index in [2.05, 4.69) is 20.3 Å². The highest BCUT2D eigenvalue weighted by atomic mass is 19.1. The number of hydrogen-bond donors (Lipinski definition) is 1. The summed E-state index contributed by atoms with van der Waals surface area (Å²) in [6.07, 6.45) is 5.38. The lowest BCUT2D eigenvalue weighted by atomic mass is 9.92. The maximum atomic E-state index is 14.8. The molecule has 0 unspecified atom stereocenters. The van der Waals surface area contributed by atoms with E-state index in [1.165, 1.54) is 6.26 Å². The van der Waals surface area contributed by atoms with Crippen LogP contribution in [-0.2, 0) is 9.47 Å². The average molecular weight is 643 g/mol. The molecular weight excluding hydrogens is 602 g/mol.